The van der Waals surface area contributed by atoms with Gasteiger partial charge in [-0.1, -0.05) is 48.0 Å². The van der Waals surface area contributed by atoms with Gasteiger partial charge in [0.15, 0.2) is 0 Å². The van der Waals surface area contributed by atoms with E-state index in [0.717, 1.165) is 17.7 Å². The number of benzene rings is 2. The van der Waals surface area contributed by atoms with Gasteiger partial charge in [0.2, 0.25) is 0 Å². The first-order chi connectivity index (χ1) is 10.3. The third-order valence-electron chi connectivity index (χ3n) is 3.39. The highest BCUT2D eigenvalue weighted by molar-refractivity contribution is 6.31. The van der Waals surface area contributed by atoms with Crippen molar-refractivity contribution in [1.82, 2.24) is 0 Å². The number of alkyl halides is 3. The summed E-state index contributed by atoms with van der Waals surface area (Å²) in [4.78, 5) is 0. The average molecular weight is 330 g/mol. The minimum atomic E-state index is -4.51. The summed E-state index contributed by atoms with van der Waals surface area (Å²) in [6.45, 7) is 0. The molecule has 0 aliphatic rings. The Morgan fingerprint density at radius 3 is 2.27 bits per heavy atom. The molecule has 2 aromatic rings. The Balaban J connectivity index is 2.15. The number of rotatable bonds is 4. The summed E-state index contributed by atoms with van der Waals surface area (Å²) >= 11 is 5.67. The number of aliphatic hydroxyl groups excluding tert-OH is 1. The molecule has 0 radical (unpaired) electrons. The van der Waals surface area contributed by atoms with Crippen molar-refractivity contribution in [3.8, 4) is 0 Å². The van der Waals surface area contributed by atoms with Crippen molar-refractivity contribution in [1.29, 1.82) is 0 Å². The highest BCUT2D eigenvalue weighted by atomic mass is 35.5. The molecular formula is C16H15ClF3NO. The van der Waals surface area contributed by atoms with Crippen LogP contribution in [0.1, 0.15) is 22.7 Å². The van der Waals surface area contributed by atoms with Gasteiger partial charge in [0.05, 0.1) is 22.7 Å². The van der Waals surface area contributed by atoms with Crippen LogP contribution in [0.4, 0.5) is 13.2 Å². The first kappa shape index (κ1) is 16.8. The molecule has 2 atom stereocenters. The molecule has 0 heterocycles. The molecule has 118 valence electrons. The van der Waals surface area contributed by atoms with Crippen molar-refractivity contribution >= 4 is 11.6 Å². The molecule has 22 heavy (non-hydrogen) atoms. The van der Waals surface area contributed by atoms with Crippen molar-refractivity contribution in [2.75, 3.05) is 0 Å². The molecule has 0 saturated carbocycles. The lowest BCUT2D eigenvalue weighted by atomic mass is 9.96. The second kappa shape index (κ2) is 6.69. The molecule has 0 fully saturated rings. The van der Waals surface area contributed by atoms with Crippen molar-refractivity contribution < 1.29 is 18.3 Å². The van der Waals surface area contributed by atoms with Crippen molar-refractivity contribution in [2.24, 2.45) is 5.73 Å². The molecule has 0 aliphatic heterocycles. The van der Waals surface area contributed by atoms with Gasteiger partial charge in [0, 0.05) is 6.42 Å². The standard InChI is InChI=1S/C16H15ClF3NO/c17-13-9-11(6-7-12(13)16(18,19)20)15(21)14(22)8-10-4-2-1-3-5-10/h1-7,9,14-15,22H,8,21H2/t14-,15+/m0/s1. The van der Waals surface area contributed by atoms with Crippen LogP contribution in [0.2, 0.25) is 5.02 Å². The summed E-state index contributed by atoms with van der Waals surface area (Å²) in [5.41, 5.74) is 6.26. The van der Waals surface area contributed by atoms with Gasteiger partial charge in [-0.2, -0.15) is 13.2 Å². The minimum Gasteiger partial charge on any atom is -0.391 e. The van der Waals surface area contributed by atoms with E-state index in [9.17, 15) is 18.3 Å². The summed E-state index contributed by atoms with van der Waals surface area (Å²) in [5, 5.41) is 9.73. The monoisotopic (exact) mass is 329 g/mol. The smallest absolute Gasteiger partial charge is 0.391 e. The topological polar surface area (TPSA) is 46.2 Å². The van der Waals surface area contributed by atoms with Crippen LogP contribution < -0.4 is 5.73 Å². The van der Waals surface area contributed by atoms with E-state index in [0.29, 0.717) is 12.0 Å². The number of aliphatic hydroxyl groups is 1. The van der Waals surface area contributed by atoms with Crippen LogP contribution >= 0.6 is 11.6 Å². The zero-order valence-corrected chi connectivity index (χ0v) is 12.3. The zero-order valence-electron chi connectivity index (χ0n) is 11.5. The summed E-state index contributed by atoms with van der Waals surface area (Å²) in [7, 11) is 0. The molecule has 0 aromatic heterocycles. The molecule has 0 bridgehead atoms. The Kier molecular flexibility index (Phi) is 5.11. The normalized spacial score (nSPS) is 14.6. The van der Waals surface area contributed by atoms with Gasteiger partial charge >= 0.3 is 6.18 Å². The SMILES string of the molecule is N[C@H](c1ccc(C(F)(F)F)c(Cl)c1)[C@@H](O)Cc1ccccc1. The molecule has 0 unspecified atom stereocenters. The first-order valence-corrected chi connectivity index (χ1v) is 7.01. The largest absolute Gasteiger partial charge is 0.417 e. The highest BCUT2D eigenvalue weighted by Gasteiger charge is 2.33. The summed E-state index contributed by atoms with van der Waals surface area (Å²) < 4.78 is 38.0. The molecule has 0 saturated heterocycles. The fourth-order valence-corrected chi connectivity index (χ4v) is 2.47. The molecule has 2 rings (SSSR count). The average Bonchev–Trinajstić information content (AvgIpc) is 2.46. The van der Waals surface area contributed by atoms with Gasteiger partial charge in [-0.25, -0.2) is 0 Å². The quantitative estimate of drug-likeness (QED) is 0.891. The summed E-state index contributed by atoms with van der Waals surface area (Å²) in [6, 6.07) is 11.7. The van der Waals surface area contributed by atoms with Gasteiger partial charge in [-0.05, 0) is 23.3 Å². The second-order valence-corrected chi connectivity index (χ2v) is 5.43. The van der Waals surface area contributed by atoms with Crippen LogP contribution in [0.3, 0.4) is 0 Å². The third-order valence-corrected chi connectivity index (χ3v) is 3.70. The van der Waals surface area contributed by atoms with E-state index in [4.69, 9.17) is 17.3 Å². The Hall–Kier alpha value is -1.56. The van der Waals surface area contributed by atoms with Gasteiger partial charge in [0.1, 0.15) is 0 Å². The maximum absolute atomic E-state index is 12.7. The summed E-state index contributed by atoms with van der Waals surface area (Å²) in [5.74, 6) is 0. The van der Waals surface area contributed by atoms with Crippen LogP contribution in [-0.4, -0.2) is 11.2 Å². The minimum absolute atomic E-state index is 0.306. The predicted molar refractivity (Wildman–Crippen MR) is 79.5 cm³/mol. The molecule has 0 aliphatic carbocycles. The van der Waals surface area contributed by atoms with Crippen molar-refractivity contribution in [3.05, 3.63) is 70.2 Å². The molecular weight excluding hydrogens is 315 g/mol. The Morgan fingerprint density at radius 2 is 1.73 bits per heavy atom. The number of nitrogens with two attached hydrogens (primary N) is 1. The summed E-state index contributed by atoms with van der Waals surface area (Å²) in [6.07, 6.45) is -5.13. The van der Waals surface area contributed by atoms with E-state index in [-0.39, 0.29) is 0 Å². The fourth-order valence-electron chi connectivity index (χ4n) is 2.17. The maximum Gasteiger partial charge on any atom is 0.417 e. The fraction of sp³-hybridized carbons (Fsp3) is 0.250. The number of hydrogen-bond acceptors (Lipinski definition) is 2. The maximum atomic E-state index is 12.7. The van der Waals surface area contributed by atoms with E-state index in [1.54, 1.807) is 0 Å². The zero-order chi connectivity index (χ0) is 16.3. The Labute approximate surface area is 131 Å². The van der Waals surface area contributed by atoms with Crippen molar-refractivity contribution in [3.63, 3.8) is 0 Å². The Bertz CT molecular complexity index is 631. The van der Waals surface area contributed by atoms with Crippen LogP contribution in [0.15, 0.2) is 48.5 Å². The molecule has 3 N–H and O–H groups in total. The molecule has 0 amide bonds. The van der Waals surface area contributed by atoms with E-state index >= 15 is 0 Å². The predicted octanol–water partition coefficient (Wildman–Crippen LogP) is 3.96. The highest BCUT2D eigenvalue weighted by Crippen LogP contribution is 2.36. The molecule has 0 spiro atoms. The third kappa shape index (κ3) is 4.00. The van der Waals surface area contributed by atoms with E-state index in [1.807, 2.05) is 30.3 Å². The second-order valence-electron chi connectivity index (χ2n) is 5.02. The molecule has 2 nitrogen and oxygen atoms in total. The van der Waals surface area contributed by atoms with Gasteiger partial charge in [-0.15, -0.1) is 0 Å². The van der Waals surface area contributed by atoms with Crippen LogP contribution in [0.5, 0.6) is 0 Å². The molecule has 2 aromatic carbocycles. The van der Waals surface area contributed by atoms with E-state index in [2.05, 4.69) is 0 Å². The Morgan fingerprint density at radius 1 is 1.09 bits per heavy atom. The molecule has 6 heteroatoms. The van der Waals surface area contributed by atoms with Crippen molar-refractivity contribution in [2.45, 2.75) is 24.7 Å². The van der Waals surface area contributed by atoms with Crippen LogP contribution in [0.25, 0.3) is 0 Å². The van der Waals surface area contributed by atoms with E-state index < -0.39 is 28.9 Å². The van der Waals surface area contributed by atoms with Gasteiger partial charge in [-0.3, -0.25) is 0 Å². The lowest BCUT2D eigenvalue weighted by Crippen LogP contribution is -2.28. The number of halogens is 4. The van der Waals surface area contributed by atoms with Gasteiger partial charge in [0.25, 0.3) is 0 Å². The van der Waals surface area contributed by atoms with Gasteiger partial charge < -0.3 is 10.8 Å². The first-order valence-electron chi connectivity index (χ1n) is 6.63. The lowest BCUT2D eigenvalue weighted by Gasteiger charge is -2.20. The lowest BCUT2D eigenvalue weighted by molar-refractivity contribution is -0.137. The van der Waals surface area contributed by atoms with Crippen LogP contribution in [-0.2, 0) is 12.6 Å². The number of hydrogen-bond donors (Lipinski definition) is 2. The van der Waals surface area contributed by atoms with Crippen LogP contribution in [0, 0.1) is 0 Å². The van der Waals surface area contributed by atoms with E-state index in [1.165, 1.54) is 6.07 Å².